The molecule has 0 bridgehead atoms. The number of nitrogens with zero attached hydrogens (tertiary/aromatic N) is 1. The Balaban J connectivity index is 2.57. The van der Waals surface area contributed by atoms with Crippen molar-refractivity contribution >= 4 is 28.7 Å². The van der Waals surface area contributed by atoms with E-state index in [1.54, 1.807) is 19.9 Å². The highest BCUT2D eigenvalue weighted by Gasteiger charge is 2.17. The van der Waals surface area contributed by atoms with Gasteiger partial charge in [-0.25, -0.2) is 18.2 Å². The summed E-state index contributed by atoms with van der Waals surface area (Å²) in [6, 6.07) is 2.90. The van der Waals surface area contributed by atoms with Crippen LogP contribution in [0.4, 0.5) is 24.7 Å². The second-order valence-electron chi connectivity index (χ2n) is 4.54. The van der Waals surface area contributed by atoms with Crippen molar-refractivity contribution in [2.24, 2.45) is 5.73 Å². The molecule has 2 aromatic rings. The Morgan fingerprint density at radius 2 is 1.71 bits per heavy atom. The Morgan fingerprint density at radius 1 is 1.14 bits per heavy atom. The van der Waals surface area contributed by atoms with Crippen LogP contribution in [-0.4, -0.2) is 9.97 Å². The van der Waals surface area contributed by atoms with Crippen molar-refractivity contribution in [3.8, 4) is 0 Å². The van der Waals surface area contributed by atoms with E-state index in [-0.39, 0.29) is 10.8 Å². The molecule has 0 saturated heterocycles. The highest BCUT2D eigenvalue weighted by Crippen LogP contribution is 2.27. The third-order valence-corrected chi connectivity index (χ3v) is 3.05. The smallest absolute Gasteiger partial charge is 0.152 e. The van der Waals surface area contributed by atoms with Gasteiger partial charge in [-0.3, -0.25) is 0 Å². The zero-order valence-corrected chi connectivity index (χ0v) is 12.1. The molecule has 0 amide bonds. The van der Waals surface area contributed by atoms with Crippen molar-refractivity contribution in [3.63, 3.8) is 0 Å². The van der Waals surface area contributed by atoms with Gasteiger partial charge in [-0.1, -0.05) is 12.2 Å². The molecule has 0 aliphatic rings. The molecule has 110 valence electrons. The SMILES string of the molecule is Cc1cc(C)c(C(N)=S)c(Nc2c(F)cc(F)cc2F)n1. The van der Waals surface area contributed by atoms with E-state index >= 15 is 0 Å². The Kier molecular flexibility index (Phi) is 4.13. The number of aromatic nitrogens is 1. The number of hydrogen-bond donors (Lipinski definition) is 2. The zero-order chi connectivity index (χ0) is 15.7. The lowest BCUT2D eigenvalue weighted by atomic mass is 10.1. The Hall–Kier alpha value is -2.15. The molecule has 0 fully saturated rings. The normalized spacial score (nSPS) is 10.5. The first-order valence-electron chi connectivity index (χ1n) is 5.99. The number of rotatable bonds is 3. The van der Waals surface area contributed by atoms with Crippen LogP contribution < -0.4 is 11.1 Å². The summed E-state index contributed by atoms with van der Waals surface area (Å²) < 4.78 is 40.3. The maximum atomic E-state index is 13.7. The molecule has 0 atom stereocenters. The molecule has 3 nitrogen and oxygen atoms in total. The number of nitrogens with two attached hydrogens (primary N) is 1. The maximum absolute atomic E-state index is 13.7. The molecule has 1 aromatic carbocycles. The van der Waals surface area contributed by atoms with Crippen LogP contribution >= 0.6 is 12.2 Å². The topological polar surface area (TPSA) is 50.9 Å². The molecule has 2 rings (SSSR count). The van der Waals surface area contributed by atoms with Crippen LogP contribution in [0.2, 0.25) is 0 Å². The minimum Gasteiger partial charge on any atom is -0.389 e. The van der Waals surface area contributed by atoms with Gasteiger partial charge in [0.25, 0.3) is 0 Å². The predicted octanol–water partition coefficient (Wildman–Crippen LogP) is 3.49. The molecule has 0 unspecified atom stereocenters. The van der Waals surface area contributed by atoms with Crippen molar-refractivity contribution in [1.82, 2.24) is 4.98 Å². The van der Waals surface area contributed by atoms with Crippen molar-refractivity contribution in [1.29, 1.82) is 0 Å². The monoisotopic (exact) mass is 311 g/mol. The zero-order valence-electron chi connectivity index (χ0n) is 11.3. The second kappa shape index (κ2) is 5.69. The van der Waals surface area contributed by atoms with Crippen molar-refractivity contribution in [2.45, 2.75) is 13.8 Å². The molecular weight excluding hydrogens is 299 g/mol. The van der Waals surface area contributed by atoms with Crippen LogP contribution in [-0.2, 0) is 0 Å². The molecule has 0 aliphatic carbocycles. The first-order chi connectivity index (χ1) is 9.79. The van der Waals surface area contributed by atoms with E-state index in [1.165, 1.54) is 0 Å². The second-order valence-corrected chi connectivity index (χ2v) is 4.98. The van der Waals surface area contributed by atoms with E-state index in [2.05, 4.69) is 10.3 Å². The fraction of sp³-hybridized carbons (Fsp3) is 0.143. The predicted molar refractivity (Wildman–Crippen MR) is 79.2 cm³/mol. The van der Waals surface area contributed by atoms with E-state index in [9.17, 15) is 13.2 Å². The van der Waals surface area contributed by atoms with Crippen LogP contribution in [0.15, 0.2) is 18.2 Å². The van der Waals surface area contributed by atoms with Crippen molar-refractivity contribution < 1.29 is 13.2 Å². The number of thiocarbonyl (C=S) groups is 1. The number of hydrogen-bond acceptors (Lipinski definition) is 3. The lowest BCUT2D eigenvalue weighted by molar-refractivity contribution is 0.548. The fourth-order valence-corrected chi connectivity index (χ4v) is 2.28. The highest BCUT2D eigenvalue weighted by molar-refractivity contribution is 7.80. The van der Waals surface area contributed by atoms with E-state index < -0.39 is 23.1 Å². The molecule has 0 radical (unpaired) electrons. The van der Waals surface area contributed by atoms with Gasteiger partial charge in [-0.2, -0.15) is 0 Å². The number of nitrogens with one attached hydrogen (secondary N) is 1. The molecule has 1 heterocycles. The lowest BCUT2D eigenvalue weighted by Crippen LogP contribution is -2.16. The number of aryl methyl sites for hydroxylation is 2. The number of pyridine rings is 1. The maximum Gasteiger partial charge on any atom is 0.152 e. The van der Waals surface area contributed by atoms with Crippen LogP contribution in [0.3, 0.4) is 0 Å². The molecule has 1 aromatic heterocycles. The van der Waals surface area contributed by atoms with Gasteiger partial charge in [0.2, 0.25) is 0 Å². The third-order valence-electron chi connectivity index (χ3n) is 2.84. The van der Waals surface area contributed by atoms with Crippen molar-refractivity contribution in [2.75, 3.05) is 5.32 Å². The number of benzene rings is 1. The summed E-state index contributed by atoms with van der Waals surface area (Å²) >= 11 is 4.93. The Labute approximate surface area is 125 Å². The molecule has 21 heavy (non-hydrogen) atoms. The van der Waals surface area contributed by atoms with Crippen LogP contribution in [0.5, 0.6) is 0 Å². The lowest BCUT2D eigenvalue weighted by Gasteiger charge is -2.14. The van der Waals surface area contributed by atoms with Gasteiger partial charge in [0.1, 0.15) is 22.3 Å². The summed E-state index contributed by atoms with van der Waals surface area (Å²) in [5, 5.41) is 2.50. The molecular formula is C14H12F3N3S. The van der Waals surface area contributed by atoms with Gasteiger partial charge in [-0.15, -0.1) is 0 Å². The standard InChI is InChI=1S/C14H12F3N3S/c1-6-3-7(2)19-14(11(6)13(18)21)20-12-9(16)4-8(15)5-10(12)17/h3-5H,1-2H3,(H2,18,21)(H,19,20). The van der Waals surface area contributed by atoms with Gasteiger partial charge in [0, 0.05) is 17.8 Å². The van der Waals surface area contributed by atoms with Gasteiger partial charge in [0.15, 0.2) is 11.6 Å². The molecule has 7 heteroatoms. The summed E-state index contributed by atoms with van der Waals surface area (Å²) in [6.07, 6.45) is 0. The van der Waals surface area contributed by atoms with Crippen LogP contribution in [0, 0.1) is 31.3 Å². The summed E-state index contributed by atoms with van der Waals surface area (Å²) in [7, 11) is 0. The quantitative estimate of drug-likeness (QED) is 0.852. The molecule has 3 N–H and O–H groups in total. The Morgan fingerprint density at radius 3 is 2.24 bits per heavy atom. The molecule has 0 aliphatic heterocycles. The van der Waals surface area contributed by atoms with E-state index in [0.717, 1.165) is 5.56 Å². The van der Waals surface area contributed by atoms with Crippen LogP contribution in [0.25, 0.3) is 0 Å². The van der Waals surface area contributed by atoms with Gasteiger partial charge < -0.3 is 11.1 Å². The average molecular weight is 311 g/mol. The summed E-state index contributed by atoms with van der Waals surface area (Å²) in [5.74, 6) is -3.01. The summed E-state index contributed by atoms with van der Waals surface area (Å²) in [5.41, 5.74) is 6.85. The summed E-state index contributed by atoms with van der Waals surface area (Å²) in [6.45, 7) is 3.48. The summed E-state index contributed by atoms with van der Waals surface area (Å²) in [4.78, 5) is 4.20. The van der Waals surface area contributed by atoms with Gasteiger partial charge in [-0.05, 0) is 25.5 Å². The average Bonchev–Trinajstić information content (AvgIpc) is 2.32. The first-order valence-corrected chi connectivity index (χ1v) is 6.40. The largest absolute Gasteiger partial charge is 0.389 e. The molecule has 0 spiro atoms. The number of halogens is 3. The van der Waals surface area contributed by atoms with E-state index in [1.807, 2.05) is 0 Å². The van der Waals surface area contributed by atoms with Crippen LogP contribution in [0.1, 0.15) is 16.8 Å². The minimum atomic E-state index is -1.07. The van der Waals surface area contributed by atoms with Gasteiger partial charge >= 0.3 is 0 Å². The fourth-order valence-electron chi connectivity index (χ4n) is 2.02. The third kappa shape index (κ3) is 3.13. The first kappa shape index (κ1) is 15.2. The Bertz CT molecular complexity index is 709. The highest BCUT2D eigenvalue weighted by atomic mass is 32.1. The number of anilines is 2. The molecule has 0 saturated carbocycles. The van der Waals surface area contributed by atoms with E-state index in [4.69, 9.17) is 18.0 Å². The minimum absolute atomic E-state index is 0.0467. The van der Waals surface area contributed by atoms with E-state index in [0.29, 0.717) is 23.4 Å². The van der Waals surface area contributed by atoms with Gasteiger partial charge in [0.05, 0.1) is 5.56 Å². The van der Waals surface area contributed by atoms with Crippen molar-refractivity contribution in [3.05, 3.63) is 52.5 Å².